The maximum Gasteiger partial charge on any atom is 0.194 e. The molecule has 0 spiro atoms. The van der Waals surface area contributed by atoms with Gasteiger partial charge in [-0.15, -0.1) is 24.0 Å². The number of nitrogens with zero attached hydrogens (tertiary/aromatic N) is 3. The smallest absolute Gasteiger partial charge is 0.194 e. The average Bonchev–Trinajstić information content (AvgIpc) is 2.59. The maximum absolute atomic E-state index is 10.3. The van der Waals surface area contributed by atoms with E-state index in [4.69, 9.17) is 0 Å². The molecule has 7 heteroatoms. The van der Waals surface area contributed by atoms with Gasteiger partial charge in [0.15, 0.2) is 5.96 Å². The second-order valence-electron chi connectivity index (χ2n) is 6.09. The summed E-state index contributed by atoms with van der Waals surface area (Å²) in [6.45, 7) is 9.84. The summed E-state index contributed by atoms with van der Waals surface area (Å²) in [5.41, 5.74) is 0.855. The highest BCUT2D eigenvalue weighted by atomic mass is 127. The molecule has 5 nitrogen and oxygen atoms in total. The molecule has 2 atom stereocenters. The van der Waals surface area contributed by atoms with Gasteiger partial charge in [0, 0.05) is 43.0 Å². The van der Waals surface area contributed by atoms with Crippen molar-refractivity contribution in [3.05, 3.63) is 30.1 Å². The second-order valence-corrected chi connectivity index (χ2v) is 7.44. The van der Waals surface area contributed by atoms with E-state index in [0.29, 0.717) is 17.7 Å². The molecule has 136 valence electrons. The third kappa shape index (κ3) is 6.40. The molecule has 0 aromatic carbocycles. The Bertz CT molecular complexity index is 501. The first-order chi connectivity index (χ1) is 11.1. The molecule has 0 radical (unpaired) electrons. The summed E-state index contributed by atoms with van der Waals surface area (Å²) >= 11 is 2.05. The molecule has 2 heterocycles. The minimum absolute atomic E-state index is 0. The number of aliphatic imine (C=N–C) groups is 1. The Kier molecular flexibility index (Phi) is 9.99. The molecular weight excluding hydrogens is 435 g/mol. The number of thioether (sulfide) groups is 1. The van der Waals surface area contributed by atoms with E-state index in [-0.39, 0.29) is 24.0 Å². The van der Waals surface area contributed by atoms with Crippen molar-refractivity contribution in [3.63, 3.8) is 0 Å². The lowest BCUT2D eigenvalue weighted by Gasteiger charge is -2.36. The van der Waals surface area contributed by atoms with E-state index in [1.807, 2.05) is 12.1 Å². The summed E-state index contributed by atoms with van der Waals surface area (Å²) in [7, 11) is 0. The third-order valence-electron chi connectivity index (χ3n) is 3.98. The molecule has 2 unspecified atom stereocenters. The largest absolute Gasteiger partial charge is 0.386 e. The summed E-state index contributed by atoms with van der Waals surface area (Å²) < 4.78 is 0. The Labute approximate surface area is 166 Å². The zero-order chi connectivity index (χ0) is 16.7. The van der Waals surface area contributed by atoms with Gasteiger partial charge in [-0.05, 0) is 30.5 Å². The highest BCUT2D eigenvalue weighted by Crippen LogP contribution is 2.25. The van der Waals surface area contributed by atoms with E-state index in [9.17, 15) is 5.11 Å². The van der Waals surface area contributed by atoms with Crippen LogP contribution >= 0.6 is 35.7 Å². The molecule has 1 aromatic rings. The molecule has 1 fully saturated rings. The molecule has 24 heavy (non-hydrogen) atoms. The Morgan fingerprint density at radius 3 is 2.79 bits per heavy atom. The second kappa shape index (κ2) is 11.1. The number of nitrogens with one attached hydrogen (secondary N) is 1. The van der Waals surface area contributed by atoms with Crippen molar-refractivity contribution in [1.29, 1.82) is 0 Å². The van der Waals surface area contributed by atoms with Crippen LogP contribution in [-0.2, 0) is 0 Å². The van der Waals surface area contributed by atoms with Crippen LogP contribution in [0.4, 0.5) is 0 Å². The van der Waals surface area contributed by atoms with E-state index in [0.717, 1.165) is 36.9 Å². The summed E-state index contributed by atoms with van der Waals surface area (Å²) in [5.74, 6) is 2.69. The van der Waals surface area contributed by atoms with Crippen molar-refractivity contribution in [2.24, 2.45) is 10.9 Å². The van der Waals surface area contributed by atoms with Crippen molar-refractivity contribution in [3.8, 4) is 0 Å². The van der Waals surface area contributed by atoms with Gasteiger partial charge in [0.1, 0.15) is 0 Å². The number of hydrogen-bond donors (Lipinski definition) is 2. The fraction of sp³-hybridized carbons (Fsp3) is 0.647. The van der Waals surface area contributed by atoms with E-state index < -0.39 is 6.10 Å². The van der Waals surface area contributed by atoms with Gasteiger partial charge in [-0.1, -0.05) is 13.8 Å². The lowest BCUT2D eigenvalue weighted by molar-refractivity contribution is 0.186. The Morgan fingerprint density at radius 2 is 2.17 bits per heavy atom. The van der Waals surface area contributed by atoms with Crippen LogP contribution in [0.5, 0.6) is 0 Å². The molecule has 2 rings (SSSR count). The van der Waals surface area contributed by atoms with Crippen LogP contribution in [-0.4, -0.2) is 58.1 Å². The van der Waals surface area contributed by atoms with Crippen LogP contribution in [0.2, 0.25) is 0 Å². The van der Waals surface area contributed by atoms with Crippen molar-refractivity contribution in [2.75, 3.05) is 31.9 Å². The molecule has 0 aliphatic carbocycles. The number of aromatic nitrogens is 1. The van der Waals surface area contributed by atoms with Gasteiger partial charge in [-0.3, -0.25) is 9.98 Å². The average molecular weight is 464 g/mol. The van der Waals surface area contributed by atoms with Crippen molar-refractivity contribution < 1.29 is 5.11 Å². The van der Waals surface area contributed by atoms with Gasteiger partial charge in [0.2, 0.25) is 0 Å². The first-order valence-electron chi connectivity index (χ1n) is 8.34. The maximum atomic E-state index is 10.3. The van der Waals surface area contributed by atoms with Gasteiger partial charge in [-0.25, -0.2) is 0 Å². The minimum atomic E-state index is -0.591. The Morgan fingerprint density at radius 1 is 1.46 bits per heavy atom. The van der Waals surface area contributed by atoms with E-state index in [1.165, 1.54) is 0 Å². The summed E-state index contributed by atoms with van der Waals surface area (Å²) in [5, 5.41) is 14.3. The summed E-state index contributed by atoms with van der Waals surface area (Å²) in [4.78, 5) is 11.0. The quantitative estimate of drug-likeness (QED) is 0.399. The number of pyridine rings is 1. The summed E-state index contributed by atoms with van der Waals surface area (Å²) in [6, 6.07) is 3.67. The zero-order valence-corrected chi connectivity index (χ0v) is 17.8. The molecule has 0 bridgehead atoms. The van der Waals surface area contributed by atoms with E-state index in [1.54, 1.807) is 12.4 Å². The predicted molar refractivity (Wildman–Crippen MR) is 113 cm³/mol. The lowest BCUT2D eigenvalue weighted by atomic mass is 10.1. The Hall–Kier alpha value is -0.540. The first kappa shape index (κ1) is 21.5. The van der Waals surface area contributed by atoms with Gasteiger partial charge in [0.25, 0.3) is 0 Å². The van der Waals surface area contributed by atoms with Crippen molar-refractivity contribution >= 4 is 41.7 Å². The number of rotatable bonds is 5. The summed E-state index contributed by atoms with van der Waals surface area (Å²) in [6.07, 6.45) is 2.80. The molecule has 0 saturated carbocycles. The molecule has 1 aliphatic rings. The van der Waals surface area contributed by atoms with Crippen LogP contribution in [0, 0.1) is 5.92 Å². The molecule has 1 saturated heterocycles. The van der Waals surface area contributed by atoms with Gasteiger partial charge in [0.05, 0.1) is 12.6 Å². The minimum Gasteiger partial charge on any atom is -0.386 e. The zero-order valence-electron chi connectivity index (χ0n) is 14.7. The topological polar surface area (TPSA) is 60.8 Å². The molecule has 1 aliphatic heterocycles. The molecule has 2 N–H and O–H groups in total. The van der Waals surface area contributed by atoms with Crippen LogP contribution in [0.15, 0.2) is 29.5 Å². The number of hydrogen-bond acceptors (Lipinski definition) is 4. The number of aliphatic hydroxyl groups excluding tert-OH is 1. The first-order valence-corrected chi connectivity index (χ1v) is 9.39. The fourth-order valence-corrected chi connectivity index (χ4v) is 3.86. The SMILES string of the molecule is CCNC(=NCC(O)c1ccncc1)N1CCSC(C(C)C)C1.I. The lowest BCUT2D eigenvalue weighted by Crippen LogP contribution is -2.49. The fourth-order valence-electron chi connectivity index (χ4n) is 2.56. The highest BCUT2D eigenvalue weighted by molar-refractivity contribution is 14.0. The predicted octanol–water partition coefficient (Wildman–Crippen LogP) is 2.77. The van der Waals surface area contributed by atoms with Crippen LogP contribution in [0.1, 0.15) is 32.4 Å². The number of aliphatic hydroxyl groups is 1. The van der Waals surface area contributed by atoms with E-state index in [2.05, 4.69) is 52.7 Å². The third-order valence-corrected chi connectivity index (χ3v) is 5.52. The standard InChI is InChI=1S/C17H28N4OS.HI/c1-4-19-17(21-9-10-23-16(12-21)13(2)3)20-11-15(22)14-5-7-18-8-6-14;/h5-8,13,15-16,22H,4,9-12H2,1-3H3,(H,19,20);1H. The van der Waals surface area contributed by atoms with Crippen LogP contribution < -0.4 is 5.32 Å². The number of guanidine groups is 1. The normalized spacial score (nSPS) is 19.8. The van der Waals surface area contributed by atoms with Crippen molar-refractivity contribution in [1.82, 2.24) is 15.2 Å². The van der Waals surface area contributed by atoms with Crippen LogP contribution in [0.3, 0.4) is 0 Å². The van der Waals surface area contributed by atoms with E-state index >= 15 is 0 Å². The van der Waals surface area contributed by atoms with Gasteiger partial charge < -0.3 is 15.3 Å². The van der Waals surface area contributed by atoms with Crippen LogP contribution in [0.25, 0.3) is 0 Å². The van der Waals surface area contributed by atoms with Crippen molar-refractivity contribution in [2.45, 2.75) is 32.1 Å². The van der Waals surface area contributed by atoms with Gasteiger partial charge >= 0.3 is 0 Å². The van der Waals surface area contributed by atoms with Gasteiger partial charge in [-0.2, -0.15) is 11.8 Å². The highest BCUT2D eigenvalue weighted by Gasteiger charge is 2.25. The molecule has 0 amide bonds. The Balaban J connectivity index is 0.00000288. The molecule has 1 aromatic heterocycles. The monoisotopic (exact) mass is 464 g/mol. The molecular formula is C17H29IN4OS. The number of halogens is 1.